The van der Waals surface area contributed by atoms with Crippen LogP contribution in [0.5, 0.6) is 0 Å². The Kier molecular flexibility index (Phi) is 5.64. The molecule has 1 atom stereocenters. The second-order valence-corrected chi connectivity index (χ2v) is 7.13. The quantitative estimate of drug-likeness (QED) is 0.877. The van der Waals surface area contributed by atoms with Crippen molar-refractivity contribution in [3.8, 4) is 0 Å². The molecular formula is C19H22N2O2S. The zero-order chi connectivity index (χ0) is 16.8. The first-order valence-corrected chi connectivity index (χ1v) is 9.25. The van der Waals surface area contributed by atoms with E-state index in [1.165, 1.54) is 0 Å². The van der Waals surface area contributed by atoms with Crippen molar-refractivity contribution in [1.82, 2.24) is 10.2 Å². The summed E-state index contributed by atoms with van der Waals surface area (Å²) in [6.07, 6.45) is 2.96. The largest absolute Gasteiger partial charge is 0.344 e. The molecule has 0 radical (unpaired) electrons. The molecule has 1 saturated heterocycles. The maximum Gasteiger partial charge on any atom is 0.245 e. The number of hydrogen-bond donors (Lipinski definition) is 1. The van der Waals surface area contributed by atoms with Gasteiger partial charge in [0, 0.05) is 24.4 Å². The van der Waals surface area contributed by atoms with Gasteiger partial charge < -0.3 is 10.2 Å². The van der Waals surface area contributed by atoms with Crippen LogP contribution in [0.25, 0.3) is 0 Å². The number of benzene rings is 1. The lowest BCUT2D eigenvalue weighted by Crippen LogP contribution is -2.49. The summed E-state index contributed by atoms with van der Waals surface area (Å²) >= 11 is 1.56. The number of amides is 2. The lowest BCUT2D eigenvalue weighted by molar-refractivity contribution is -0.135. The summed E-state index contributed by atoms with van der Waals surface area (Å²) in [6, 6.07) is 13.3. The molecular weight excluding hydrogens is 320 g/mol. The van der Waals surface area contributed by atoms with Gasteiger partial charge in [0.25, 0.3) is 0 Å². The molecule has 1 aromatic heterocycles. The van der Waals surface area contributed by atoms with Gasteiger partial charge in [0.15, 0.2) is 0 Å². The Morgan fingerprint density at radius 3 is 2.50 bits per heavy atom. The van der Waals surface area contributed by atoms with Crippen LogP contribution in [0.1, 0.15) is 23.3 Å². The number of likely N-dealkylation sites (tertiary alicyclic amines) is 1. The predicted molar refractivity (Wildman–Crippen MR) is 95.9 cm³/mol. The molecule has 1 N–H and O–H groups in total. The molecule has 0 spiro atoms. The Labute approximate surface area is 146 Å². The third kappa shape index (κ3) is 4.45. The van der Waals surface area contributed by atoms with E-state index in [-0.39, 0.29) is 11.8 Å². The molecule has 5 heteroatoms. The zero-order valence-corrected chi connectivity index (χ0v) is 14.4. The molecule has 1 aliphatic rings. The van der Waals surface area contributed by atoms with E-state index < -0.39 is 6.04 Å². The molecule has 2 amide bonds. The number of thiophene rings is 1. The third-order valence-corrected chi connectivity index (χ3v) is 5.12. The van der Waals surface area contributed by atoms with Gasteiger partial charge in [0.1, 0.15) is 6.04 Å². The lowest BCUT2D eigenvalue weighted by atomic mass is 10.0. The SMILES string of the molecule is O=C(Cc1cccs1)NC(Cc1ccccc1)C(=O)N1CCCC1. The summed E-state index contributed by atoms with van der Waals surface area (Å²) in [5.74, 6) is -0.0539. The molecule has 2 heterocycles. The van der Waals surface area contributed by atoms with E-state index in [1.54, 1.807) is 11.3 Å². The summed E-state index contributed by atoms with van der Waals surface area (Å²) < 4.78 is 0. The second-order valence-electron chi connectivity index (χ2n) is 6.10. The Morgan fingerprint density at radius 1 is 1.08 bits per heavy atom. The first-order valence-electron chi connectivity index (χ1n) is 8.37. The Hall–Kier alpha value is -2.14. The summed E-state index contributed by atoms with van der Waals surface area (Å²) in [5.41, 5.74) is 1.06. The van der Waals surface area contributed by atoms with Gasteiger partial charge in [-0.2, -0.15) is 0 Å². The number of nitrogens with zero attached hydrogens (tertiary/aromatic N) is 1. The van der Waals surface area contributed by atoms with Crippen molar-refractivity contribution in [3.05, 3.63) is 58.3 Å². The monoisotopic (exact) mass is 342 g/mol. The van der Waals surface area contributed by atoms with Crippen molar-refractivity contribution in [1.29, 1.82) is 0 Å². The molecule has 1 unspecified atom stereocenters. The van der Waals surface area contributed by atoms with Gasteiger partial charge in [-0.25, -0.2) is 0 Å². The fourth-order valence-corrected chi connectivity index (χ4v) is 3.73. The summed E-state index contributed by atoms with van der Waals surface area (Å²) in [4.78, 5) is 28.0. The molecule has 2 aromatic rings. The Bertz CT molecular complexity index is 664. The number of hydrogen-bond acceptors (Lipinski definition) is 3. The van der Waals surface area contributed by atoms with Crippen molar-refractivity contribution < 1.29 is 9.59 Å². The van der Waals surface area contributed by atoms with E-state index in [0.717, 1.165) is 36.4 Å². The van der Waals surface area contributed by atoms with Crippen LogP contribution >= 0.6 is 11.3 Å². The lowest BCUT2D eigenvalue weighted by Gasteiger charge is -2.24. The van der Waals surface area contributed by atoms with Crippen molar-refractivity contribution >= 4 is 23.2 Å². The van der Waals surface area contributed by atoms with Crippen LogP contribution < -0.4 is 5.32 Å². The van der Waals surface area contributed by atoms with Crippen molar-refractivity contribution in [3.63, 3.8) is 0 Å². The topological polar surface area (TPSA) is 49.4 Å². The van der Waals surface area contributed by atoms with Gasteiger partial charge in [-0.1, -0.05) is 36.4 Å². The van der Waals surface area contributed by atoms with Crippen molar-refractivity contribution in [2.75, 3.05) is 13.1 Å². The molecule has 0 saturated carbocycles. The van der Waals surface area contributed by atoms with Gasteiger partial charge in [0.2, 0.25) is 11.8 Å². The molecule has 24 heavy (non-hydrogen) atoms. The Morgan fingerprint density at radius 2 is 1.83 bits per heavy atom. The van der Waals surface area contributed by atoms with Crippen LogP contribution in [0, 0.1) is 0 Å². The van der Waals surface area contributed by atoms with E-state index >= 15 is 0 Å². The highest BCUT2D eigenvalue weighted by Crippen LogP contribution is 2.13. The third-order valence-electron chi connectivity index (χ3n) is 4.25. The fraction of sp³-hybridized carbons (Fsp3) is 0.368. The molecule has 126 valence electrons. The predicted octanol–water partition coefficient (Wildman–Crippen LogP) is 2.64. The number of rotatable bonds is 6. The highest BCUT2D eigenvalue weighted by molar-refractivity contribution is 7.10. The molecule has 1 fully saturated rings. The van der Waals surface area contributed by atoms with E-state index in [0.29, 0.717) is 12.8 Å². The molecule has 0 aliphatic carbocycles. The van der Waals surface area contributed by atoms with Gasteiger partial charge in [-0.3, -0.25) is 9.59 Å². The first kappa shape index (κ1) is 16.7. The molecule has 4 nitrogen and oxygen atoms in total. The molecule has 1 aliphatic heterocycles. The minimum absolute atomic E-state index is 0.0379. The summed E-state index contributed by atoms with van der Waals surface area (Å²) in [7, 11) is 0. The van der Waals surface area contributed by atoms with Crippen LogP contribution in [0.2, 0.25) is 0 Å². The van der Waals surface area contributed by atoms with Gasteiger partial charge in [0.05, 0.1) is 6.42 Å². The van der Waals surface area contributed by atoms with Crippen LogP contribution in [0.3, 0.4) is 0 Å². The number of carbonyl (C=O) groups excluding carboxylic acids is 2. The maximum atomic E-state index is 12.8. The highest BCUT2D eigenvalue weighted by Gasteiger charge is 2.28. The van der Waals surface area contributed by atoms with Crippen LogP contribution in [-0.2, 0) is 22.4 Å². The standard InChI is InChI=1S/C19H22N2O2S/c22-18(14-16-9-6-12-24-16)20-17(13-15-7-2-1-3-8-15)19(23)21-10-4-5-11-21/h1-3,6-9,12,17H,4-5,10-11,13-14H2,(H,20,22). The van der Waals surface area contributed by atoms with Crippen molar-refractivity contribution in [2.45, 2.75) is 31.7 Å². The molecule has 3 rings (SSSR count). The van der Waals surface area contributed by atoms with Crippen LogP contribution in [0.4, 0.5) is 0 Å². The minimum atomic E-state index is -0.488. The van der Waals surface area contributed by atoms with Gasteiger partial charge in [-0.15, -0.1) is 11.3 Å². The first-order chi connectivity index (χ1) is 11.7. The fourth-order valence-electron chi connectivity index (χ4n) is 3.02. The van der Waals surface area contributed by atoms with E-state index in [9.17, 15) is 9.59 Å². The smallest absolute Gasteiger partial charge is 0.245 e. The molecule has 0 bridgehead atoms. The second kappa shape index (κ2) is 8.11. The normalized spacial score (nSPS) is 15.2. The van der Waals surface area contributed by atoms with E-state index in [2.05, 4.69) is 5.32 Å². The molecule has 1 aromatic carbocycles. The Balaban J connectivity index is 1.68. The van der Waals surface area contributed by atoms with E-state index in [4.69, 9.17) is 0 Å². The summed E-state index contributed by atoms with van der Waals surface area (Å²) in [6.45, 7) is 1.59. The summed E-state index contributed by atoms with van der Waals surface area (Å²) in [5, 5.41) is 4.91. The van der Waals surface area contributed by atoms with Crippen LogP contribution in [0.15, 0.2) is 47.8 Å². The average molecular weight is 342 g/mol. The van der Waals surface area contributed by atoms with Gasteiger partial charge >= 0.3 is 0 Å². The average Bonchev–Trinajstić information content (AvgIpc) is 3.28. The minimum Gasteiger partial charge on any atom is -0.344 e. The maximum absolute atomic E-state index is 12.8. The number of carbonyl (C=O) groups is 2. The van der Waals surface area contributed by atoms with Crippen LogP contribution in [-0.4, -0.2) is 35.8 Å². The van der Waals surface area contributed by atoms with Crippen molar-refractivity contribution in [2.24, 2.45) is 0 Å². The van der Waals surface area contributed by atoms with E-state index in [1.807, 2.05) is 52.7 Å². The highest BCUT2D eigenvalue weighted by atomic mass is 32.1. The number of nitrogens with one attached hydrogen (secondary N) is 1. The van der Waals surface area contributed by atoms with Gasteiger partial charge in [-0.05, 0) is 29.9 Å². The zero-order valence-electron chi connectivity index (χ0n) is 13.6.